The van der Waals surface area contributed by atoms with Gasteiger partial charge in [0.2, 0.25) is 0 Å². The van der Waals surface area contributed by atoms with Gasteiger partial charge in [-0.25, -0.2) is 9.59 Å². The smallest absolute Gasteiger partial charge is 0.334 e. The highest BCUT2D eigenvalue weighted by atomic mass is 16.5. The third-order valence-electron chi connectivity index (χ3n) is 2.29. The van der Waals surface area contributed by atoms with E-state index >= 15 is 0 Å². The molecule has 0 aliphatic carbocycles. The van der Waals surface area contributed by atoms with Crippen LogP contribution in [0.2, 0.25) is 0 Å². The highest BCUT2D eigenvalue weighted by Crippen LogP contribution is 2.29. The summed E-state index contributed by atoms with van der Waals surface area (Å²) in [6, 6.07) is 0. The Labute approximate surface area is 101 Å². The quantitative estimate of drug-likeness (QED) is 0.537. The van der Waals surface area contributed by atoms with E-state index in [1.807, 2.05) is 0 Å². The van der Waals surface area contributed by atoms with E-state index in [-0.39, 0.29) is 24.3 Å². The number of allylic oxidation sites excluding steroid dienone is 1. The second-order valence-corrected chi connectivity index (χ2v) is 4.26. The molecule has 0 rings (SSSR count). The van der Waals surface area contributed by atoms with E-state index in [1.165, 1.54) is 13.0 Å². The van der Waals surface area contributed by atoms with Crippen molar-refractivity contribution in [2.24, 2.45) is 11.1 Å². The van der Waals surface area contributed by atoms with Crippen molar-refractivity contribution in [3.05, 3.63) is 23.8 Å². The SMILES string of the molecule is C=C(C(=O)OCCN)C(C)(C)C=C(C)C(=O)O. The second-order valence-electron chi connectivity index (χ2n) is 4.26. The number of carboxylic acids is 1. The molecule has 3 N–H and O–H groups in total. The van der Waals surface area contributed by atoms with Crippen LogP contribution in [0.4, 0.5) is 0 Å². The number of hydrogen-bond acceptors (Lipinski definition) is 4. The average Bonchev–Trinajstić information content (AvgIpc) is 2.23. The molecule has 0 unspecified atom stereocenters. The first-order valence-corrected chi connectivity index (χ1v) is 5.21. The summed E-state index contributed by atoms with van der Waals surface area (Å²) in [5, 5.41) is 8.78. The maximum absolute atomic E-state index is 11.5. The van der Waals surface area contributed by atoms with E-state index < -0.39 is 17.4 Å². The van der Waals surface area contributed by atoms with Gasteiger partial charge in [-0.15, -0.1) is 0 Å². The molecule has 0 atom stereocenters. The Morgan fingerprint density at radius 1 is 1.47 bits per heavy atom. The highest BCUT2D eigenvalue weighted by Gasteiger charge is 2.26. The first kappa shape index (κ1) is 15.4. The molecule has 5 nitrogen and oxygen atoms in total. The van der Waals surface area contributed by atoms with Crippen LogP contribution in [0.1, 0.15) is 20.8 Å². The van der Waals surface area contributed by atoms with Gasteiger partial charge < -0.3 is 15.6 Å². The molecule has 0 fully saturated rings. The third kappa shape index (κ3) is 4.82. The standard InChI is InChI=1S/C12H19NO4/c1-8(10(14)15)7-12(3,4)9(2)11(16)17-6-5-13/h7H,2,5-6,13H2,1,3-4H3,(H,14,15). The fourth-order valence-electron chi connectivity index (χ4n) is 1.19. The average molecular weight is 241 g/mol. The summed E-state index contributed by atoms with van der Waals surface area (Å²) >= 11 is 0. The van der Waals surface area contributed by atoms with Gasteiger partial charge >= 0.3 is 11.9 Å². The zero-order valence-corrected chi connectivity index (χ0v) is 10.4. The summed E-state index contributed by atoms with van der Waals surface area (Å²) < 4.78 is 4.84. The van der Waals surface area contributed by atoms with E-state index in [0.29, 0.717) is 0 Å². The molecule has 0 bridgehead atoms. The van der Waals surface area contributed by atoms with Crippen LogP contribution in [0.3, 0.4) is 0 Å². The molecule has 0 amide bonds. The van der Waals surface area contributed by atoms with Crippen LogP contribution >= 0.6 is 0 Å². The number of esters is 1. The molecule has 0 aromatic heterocycles. The molecule has 0 saturated carbocycles. The molecule has 0 aliphatic heterocycles. The summed E-state index contributed by atoms with van der Waals surface area (Å²) in [5.41, 5.74) is 4.80. The van der Waals surface area contributed by atoms with Crippen LogP contribution < -0.4 is 5.73 Å². The van der Waals surface area contributed by atoms with Crippen molar-refractivity contribution in [3.63, 3.8) is 0 Å². The van der Waals surface area contributed by atoms with Crippen LogP contribution in [-0.2, 0) is 14.3 Å². The zero-order chi connectivity index (χ0) is 13.6. The van der Waals surface area contributed by atoms with Gasteiger partial charge in [0.15, 0.2) is 0 Å². The summed E-state index contributed by atoms with van der Waals surface area (Å²) in [4.78, 5) is 22.3. The van der Waals surface area contributed by atoms with Gasteiger partial charge in [0, 0.05) is 23.1 Å². The number of rotatable bonds is 6. The molecular formula is C12H19NO4. The van der Waals surface area contributed by atoms with Crippen molar-refractivity contribution in [1.29, 1.82) is 0 Å². The largest absolute Gasteiger partial charge is 0.478 e. The Morgan fingerprint density at radius 2 is 2.00 bits per heavy atom. The predicted octanol–water partition coefficient (Wildman–Crippen LogP) is 1.10. The van der Waals surface area contributed by atoms with Crippen molar-refractivity contribution < 1.29 is 19.4 Å². The van der Waals surface area contributed by atoms with Crippen molar-refractivity contribution in [3.8, 4) is 0 Å². The first-order chi connectivity index (χ1) is 7.72. The lowest BCUT2D eigenvalue weighted by Crippen LogP contribution is -2.23. The van der Waals surface area contributed by atoms with Crippen LogP contribution in [-0.4, -0.2) is 30.2 Å². The molecule has 0 saturated heterocycles. The minimum atomic E-state index is -1.03. The van der Waals surface area contributed by atoms with Crippen LogP contribution in [0, 0.1) is 5.41 Å². The van der Waals surface area contributed by atoms with Gasteiger partial charge in [-0.1, -0.05) is 26.5 Å². The van der Waals surface area contributed by atoms with Crippen molar-refractivity contribution >= 4 is 11.9 Å². The van der Waals surface area contributed by atoms with Crippen LogP contribution in [0.15, 0.2) is 23.8 Å². The number of nitrogens with two attached hydrogens (primary N) is 1. The van der Waals surface area contributed by atoms with E-state index in [2.05, 4.69) is 6.58 Å². The normalized spacial score (nSPS) is 12.1. The molecule has 17 heavy (non-hydrogen) atoms. The molecule has 0 spiro atoms. The fraction of sp³-hybridized carbons (Fsp3) is 0.500. The number of carbonyl (C=O) groups excluding carboxylic acids is 1. The molecular weight excluding hydrogens is 222 g/mol. The predicted molar refractivity (Wildman–Crippen MR) is 64.3 cm³/mol. The maximum atomic E-state index is 11.5. The van der Waals surface area contributed by atoms with Crippen molar-refractivity contribution in [2.75, 3.05) is 13.2 Å². The van der Waals surface area contributed by atoms with Gasteiger partial charge in [-0.05, 0) is 6.92 Å². The lowest BCUT2D eigenvalue weighted by Gasteiger charge is -2.22. The molecule has 0 aromatic rings. The lowest BCUT2D eigenvalue weighted by molar-refractivity contribution is -0.139. The van der Waals surface area contributed by atoms with Gasteiger partial charge in [-0.3, -0.25) is 0 Å². The van der Waals surface area contributed by atoms with Crippen molar-refractivity contribution in [1.82, 2.24) is 0 Å². The number of hydrogen-bond donors (Lipinski definition) is 2. The summed E-state index contributed by atoms with van der Waals surface area (Å²) in [6.45, 7) is 8.86. The van der Waals surface area contributed by atoms with Gasteiger partial charge in [0.1, 0.15) is 6.61 Å². The Balaban J connectivity index is 4.82. The minimum absolute atomic E-state index is 0.121. The van der Waals surface area contributed by atoms with Gasteiger partial charge in [-0.2, -0.15) is 0 Å². The molecule has 0 heterocycles. The molecule has 0 aromatic carbocycles. The topological polar surface area (TPSA) is 89.6 Å². The Hall–Kier alpha value is -1.62. The molecule has 0 aliphatic rings. The summed E-state index contributed by atoms with van der Waals surface area (Å²) in [6.07, 6.45) is 1.47. The number of ether oxygens (including phenoxy) is 1. The monoisotopic (exact) mass is 241 g/mol. The van der Waals surface area contributed by atoms with Gasteiger partial charge in [0.05, 0.1) is 0 Å². The summed E-state index contributed by atoms with van der Waals surface area (Å²) in [7, 11) is 0. The highest BCUT2D eigenvalue weighted by molar-refractivity contribution is 5.91. The Kier molecular flexibility index (Phi) is 5.61. The third-order valence-corrected chi connectivity index (χ3v) is 2.29. The molecule has 96 valence electrons. The number of carboxylic acid groups (broad SMARTS) is 1. The minimum Gasteiger partial charge on any atom is -0.478 e. The van der Waals surface area contributed by atoms with Gasteiger partial charge in [0.25, 0.3) is 0 Å². The maximum Gasteiger partial charge on any atom is 0.334 e. The fourth-order valence-corrected chi connectivity index (χ4v) is 1.19. The Bertz CT molecular complexity index is 356. The Morgan fingerprint density at radius 3 is 2.41 bits per heavy atom. The van der Waals surface area contributed by atoms with E-state index in [4.69, 9.17) is 15.6 Å². The van der Waals surface area contributed by atoms with E-state index in [1.54, 1.807) is 13.8 Å². The second kappa shape index (κ2) is 6.20. The molecule has 5 heteroatoms. The lowest BCUT2D eigenvalue weighted by atomic mass is 9.83. The number of aliphatic carboxylic acids is 1. The first-order valence-electron chi connectivity index (χ1n) is 5.21. The summed E-state index contributed by atoms with van der Waals surface area (Å²) in [5.74, 6) is -1.59. The van der Waals surface area contributed by atoms with Crippen LogP contribution in [0.25, 0.3) is 0 Å². The van der Waals surface area contributed by atoms with Crippen LogP contribution in [0.5, 0.6) is 0 Å². The van der Waals surface area contributed by atoms with Crippen molar-refractivity contribution in [2.45, 2.75) is 20.8 Å². The zero-order valence-electron chi connectivity index (χ0n) is 10.4. The van der Waals surface area contributed by atoms with E-state index in [0.717, 1.165) is 0 Å². The van der Waals surface area contributed by atoms with E-state index in [9.17, 15) is 9.59 Å². The number of carbonyl (C=O) groups is 2. The molecule has 0 radical (unpaired) electrons.